The number of carbonyl (C=O) groups is 1. The number of alkyl halides is 3. The maximum Gasteiger partial charge on any atom is 0.490 e. The Morgan fingerprint density at radius 3 is 1.50 bits per heavy atom. The Bertz CT molecular complexity index is 101. The molecule has 0 fully saturated rings. The van der Waals surface area contributed by atoms with Crippen molar-refractivity contribution in [2.45, 2.75) is 17.6 Å². The van der Waals surface area contributed by atoms with Crippen molar-refractivity contribution in [2.24, 2.45) is 0 Å². The van der Waals surface area contributed by atoms with Crippen LogP contribution >= 0.6 is 0 Å². The fourth-order valence-electron chi connectivity index (χ4n) is 0. The first-order valence-corrected chi connectivity index (χ1v) is 6.44. The van der Waals surface area contributed by atoms with Crippen molar-refractivity contribution in [3.8, 4) is 0 Å². The SMILES string of the molecule is C[AsH]C.O=C(O)C(F)(F)F. The summed E-state index contributed by atoms with van der Waals surface area (Å²) in [5.74, 6) is -2.76. The number of rotatable bonds is 0. The van der Waals surface area contributed by atoms with Crippen LogP contribution in [0.3, 0.4) is 0 Å². The van der Waals surface area contributed by atoms with E-state index in [1.54, 1.807) is 0 Å². The third-order valence-electron chi connectivity index (χ3n) is 0.243. The zero-order valence-electron chi connectivity index (χ0n) is 5.49. The van der Waals surface area contributed by atoms with Crippen molar-refractivity contribution in [1.82, 2.24) is 0 Å². The fraction of sp³-hybridized carbons (Fsp3) is 0.750. The van der Waals surface area contributed by atoms with Gasteiger partial charge in [-0.15, -0.1) is 0 Å². The average Bonchev–Trinajstić information content (AvgIpc) is 1.64. The van der Waals surface area contributed by atoms with Gasteiger partial charge in [-0.3, -0.25) is 0 Å². The van der Waals surface area contributed by atoms with Gasteiger partial charge in [0.25, 0.3) is 0 Å². The summed E-state index contributed by atoms with van der Waals surface area (Å²) in [5, 5.41) is 7.12. The molecule has 62 valence electrons. The summed E-state index contributed by atoms with van der Waals surface area (Å²) < 4.78 is 31.7. The van der Waals surface area contributed by atoms with E-state index in [2.05, 4.69) is 11.4 Å². The molecular weight excluding hydrogens is 212 g/mol. The minimum atomic E-state index is -5.08. The molecule has 0 saturated carbocycles. The average molecular weight is 220 g/mol. The standard InChI is InChI=1S/C2H7As.C2HF3O2/c1-3-2;3-2(4,5)1(6)7/h3H,1-2H3;(H,6,7). The minimum Gasteiger partial charge on any atom is -0.475 e. The van der Waals surface area contributed by atoms with E-state index in [0.717, 1.165) is 0 Å². The van der Waals surface area contributed by atoms with Crippen LogP contribution < -0.4 is 0 Å². The van der Waals surface area contributed by atoms with Crippen LogP contribution in [0.25, 0.3) is 0 Å². The van der Waals surface area contributed by atoms with E-state index in [-0.39, 0.29) is 0 Å². The Kier molecular flexibility index (Phi) is 6.98. The summed E-state index contributed by atoms with van der Waals surface area (Å²) in [6.45, 7) is 0. The molecule has 6 heteroatoms. The summed E-state index contributed by atoms with van der Waals surface area (Å²) in [7, 11) is 0. The van der Waals surface area contributed by atoms with Gasteiger partial charge in [-0.05, 0) is 0 Å². The number of hydrogen-bond acceptors (Lipinski definition) is 1. The van der Waals surface area contributed by atoms with E-state index < -0.39 is 12.1 Å². The van der Waals surface area contributed by atoms with Gasteiger partial charge < -0.3 is 5.11 Å². The van der Waals surface area contributed by atoms with Crippen LogP contribution in [0.15, 0.2) is 0 Å². The topological polar surface area (TPSA) is 37.3 Å². The maximum absolute atomic E-state index is 10.6. The zero-order valence-corrected chi connectivity index (χ0v) is 7.59. The molecule has 0 saturated heterocycles. The summed E-state index contributed by atoms with van der Waals surface area (Å²) >= 11 is 0.500. The smallest absolute Gasteiger partial charge is 0.475 e. The molecule has 0 aromatic heterocycles. The molecule has 2 nitrogen and oxygen atoms in total. The van der Waals surface area contributed by atoms with Gasteiger partial charge >= 0.3 is 39.3 Å². The largest absolute Gasteiger partial charge is 0.490 e. The second-order valence-corrected chi connectivity index (χ2v) is 3.40. The molecule has 0 aromatic carbocycles. The van der Waals surface area contributed by atoms with Crippen molar-refractivity contribution in [3.63, 3.8) is 0 Å². The number of hydrogen-bond donors (Lipinski definition) is 1. The summed E-state index contributed by atoms with van der Waals surface area (Å²) in [6, 6.07) is 0. The fourth-order valence-corrected chi connectivity index (χ4v) is 0. The first-order valence-electron chi connectivity index (χ1n) is 2.24. The number of halogens is 3. The number of aliphatic carboxylic acids is 1. The molecule has 10 heavy (non-hydrogen) atoms. The van der Waals surface area contributed by atoms with Crippen molar-refractivity contribution in [1.29, 1.82) is 0 Å². The van der Waals surface area contributed by atoms with E-state index in [1.807, 2.05) is 0 Å². The molecule has 0 rings (SSSR count). The molecule has 0 radical (unpaired) electrons. The van der Waals surface area contributed by atoms with Gasteiger partial charge in [-0.2, -0.15) is 13.2 Å². The third-order valence-corrected chi connectivity index (χ3v) is 0.243. The first-order chi connectivity index (χ1) is 4.36. The van der Waals surface area contributed by atoms with E-state index in [4.69, 9.17) is 9.90 Å². The van der Waals surface area contributed by atoms with Crippen LogP contribution in [-0.2, 0) is 4.79 Å². The van der Waals surface area contributed by atoms with Gasteiger partial charge in [0.15, 0.2) is 0 Å². The van der Waals surface area contributed by atoms with Gasteiger partial charge in [0.2, 0.25) is 0 Å². The van der Waals surface area contributed by atoms with Gasteiger partial charge in [-0.25, -0.2) is 4.79 Å². The monoisotopic (exact) mass is 220 g/mol. The Morgan fingerprint density at radius 2 is 1.50 bits per heavy atom. The molecule has 1 N–H and O–H groups in total. The summed E-state index contributed by atoms with van der Waals surface area (Å²) in [6.07, 6.45) is -5.08. The number of carboxylic acids is 1. The van der Waals surface area contributed by atoms with Crippen molar-refractivity contribution >= 4 is 21.7 Å². The summed E-state index contributed by atoms with van der Waals surface area (Å²) in [4.78, 5) is 8.90. The summed E-state index contributed by atoms with van der Waals surface area (Å²) in [5.41, 5.74) is 4.50. The van der Waals surface area contributed by atoms with Crippen molar-refractivity contribution < 1.29 is 23.1 Å². The normalized spacial score (nSPS) is 9.70. The van der Waals surface area contributed by atoms with Gasteiger partial charge in [0.05, 0.1) is 0 Å². The second kappa shape index (κ2) is 5.59. The van der Waals surface area contributed by atoms with E-state index >= 15 is 0 Å². The zero-order chi connectivity index (χ0) is 8.78. The number of carboxylic acid groups (broad SMARTS) is 1. The maximum atomic E-state index is 10.6. The molecule has 0 aliphatic heterocycles. The molecule has 0 aromatic rings. The van der Waals surface area contributed by atoms with Crippen LogP contribution in [0.4, 0.5) is 13.2 Å². The van der Waals surface area contributed by atoms with Crippen LogP contribution in [-0.4, -0.2) is 33.0 Å². The van der Waals surface area contributed by atoms with Crippen LogP contribution in [0, 0.1) is 0 Å². The quantitative estimate of drug-likeness (QED) is 0.621. The van der Waals surface area contributed by atoms with Gasteiger partial charge in [0.1, 0.15) is 0 Å². The van der Waals surface area contributed by atoms with Crippen LogP contribution in [0.1, 0.15) is 0 Å². The van der Waals surface area contributed by atoms with E-state index in [0.29, 0.717) is 15.8 Å². The van der Waals surface area contributed by atoms with E-state index in [1.165, 1.54) is 0 Å². The van der Waals surface area contributed by atoms with Crippen LogP contribution in [0.5, 0.6) is 0 Å². The van der Waals surface area contributed by atoms with E-state index in [9.17, 15) is 13.2 Å². The van der Waals surface area contributed by atoms with Gasteiger partial charge in [-0.1, -0.05) is 0 Å². The predicted molar refractivity (Wildman–Crippen MR) is 32.6 cm³/mol. The van der Waals surface area contributed by atoms with Crippen molar-refractivity contribution in [3.05, 3.63) is 0 Å². The van der Waals surface area contributed by atoms with Crippen LogP contribution in [0.2, 0.25) is 11.4 Å². The molecule has 0 unspecified atom stereocenters. The predicted octanol–water partition coefficient (Wildman–Crippen LogP) is 1.15. The second-order valence-electron chi connectivity index (χ2n) is 1.30. The molecule has 0 aliphatic carbocycles. The Labute approximate surface area is 63.1 Å². The Hall–Kier alpha value is -0.182. The minimum absolute atomic E-state index is 0.500. The Morgan fingerprint density at radius 1 is 1.40 bits per heavy atom. The molecule has 0 amide bonds. The molecule has 0 heterocycles. The molecule has 0 bridgehead atoms. The van der Waals surface area contributed by atoms with Crippen molar-refractivity contribution in [2.75, 3.05) is 0 Å². The first kappa shape index (κ1) is 12.5. The molecule has 0 atom stereocenters. The molecule has 0 spiro atoms. The Balaban J connectivity index is 0. The molecular formula is C4H8AsF3O2. The molecule has 0 aliphatic rings. The van der Waals surface area contributed by atoms with Gasteiger partial charge in [0, 0.05) is 0 Å². The third kappa shape index (κ3) is 10.7.